The average molecular weight is 193 g/mol. The number of aryl methyl sites for hydroxylation is 1. The van der Waals surface area contributed by atoms with Gasteiger partial charge < -0.3 is 10.0 Å². The lowest BCUT2D eigenvalue weighted by atomic mass is 10.0. The molecule has 0 aliphatic carbocycles. The highest BCUT2D eigenvalue weighted by atomic mass is 16.3. The summed E-state index contributed by atoms with van der Waals surface area (Å²) in [6.45, 7) is 9.05. The molecular weight excluding hydrogens is 174 g/mol. The van der Waals surface area contributed by atoms with Gasteiger partial charge in [0.15, 0.2) is 0 Å². The summed E-state index contributed by atoms with van der Waals surface area (Å²) >= 11 is 0. The maximum atomic E-state index is 9.75. The van der Waals surface area contributed by atoms with E-state index in [4.69, 9.17) is 0 Å². The van der Waals surface area contributed by atoms with Crippen LogP contribution in [-0.4, -0.2) is 18.7 Å². The Hall–Kier alpha value is -1.18. The highest BCUT2D eigenvalue weighted by Gasteiger charge is 2.10. The number of hydrogen-bond acceptors (Lipinski definition) is 2. The van der Waals surface area contributed by atoms with Crippen molar-refractivity contribution in [1.82, 2.24) is 0 Å². The molecule has 0 heterocycles. The second-order valence-corrected chi connectivity index (χ2v) is 3.83. The van der Waals surface area contributed by atoms with Gasteiger partial charge in [-0.1, -0.05) is 0 Å². The van der Waals surface area contributed by atoms with Crippen LogP contribution in [0.25, 0.3) is 0 Å². The van der Waals surface area contributed by atoms with Gasteiger partial charge in [0.1, 0.15) is 5.75 Å². The Morgan fingerprint density at radius 3 is 2.29 bits per heavy atom. The summed E-state index contributed by atoms with van der Waals surface area (Å²) in [7, 11) is 2.07. The minimum absolute atomic E-state index is 0.427. The number of anilines is 1. The first-order valence-electron chi connectivity index (χ1n) is 5.00. The molecule has 0 amide bonds. The van der Waals surface area contributed by atoms with Crippen LogP contribution in [0.2, 0.25) is 0 Å². The number of rotatable bonds is 2. The van der Waals surface area contributed by atoms with Gasteiger partial charge in [-0.3, -0.25) is 0 Å². The van der Waals surface area contributed by atoms with Gasteiger partial charge in [0.2, 0.25) is 0 Å². The molecule has 0 bridgehead atoms. The largest absolute Gasteiger partial charge is 0.507 e. The van der Waals surface area contributed by atoms with Crippen LogP contribution in [0.4, 0.5) is 5.69 Å². The van der Waals surface area contributed by atoms with Gasteiger partial charge in [-0.2, -0.15) is 0 Å². The van der Waals surface area contributed by atoms with Crippen molar-refractivity contribution in [2.75, 3.05) is 18.5 Å². The number of aromatic hydroxyl groups is 1. The van der Waals surface area contributed by atoms with Crippen molar-refractivity contribution >= 4 is 5.69 Å². The Morgan fingerprint density at radius 1 is 1.21 bits per heavy atom. The first kappa shape index (κ1) is 10.9. The smallest absolute Gasteiger partial charge is 0.121 e. The minimum Gasteiger partial charge on any atom is -0.507 e. The summed E-state index contributed by atoms with van der Waals surface area (Å²) < 4.78 is 0. The number of phenolic OH excluding ortho intramolecular Hbond substituents is 1. The van der Waals surface area contributed by atoms with Crippen molar-refractivity contribution in [1.29, 1.82) is 0 Å². The number of nitrogens with zero attached hydrogens (tertiary/aromatic N) is 1. The molecule has 0 atom stereocenters. The molecule has 78 valence electrons. The van der Waals surface area contributed by atoms with Crippen LogP contribution in [0, 0.1) is 20.8 Å². The fraction of sp³-hybridized carbons (Fsp3) is 0.500. The monoisotopic (exact) mass is 193 g/mol. The molecule has 0 fully saturated rings. The molecule has 0 saturated heterocycles. The topological polar surface area (TPSA) is 23.5 Å². The fourth-order valence-corrected chi connectivity index (χ4v) is 1.61. The third kappa shape index (κ3) is 1.69. The normalized spacial score (nSPS) is 10.4. The van der Waals surface area contributed by atoms with E-state index in [1.807, 2.05) is 19.9 Å². The summed E-state index contributed by atoms with van der Waals surface area (Å²) in [6, 6.07) is 2.04. The zero-order valence-electron chi connectivity index (χ0n) is 9.68. The van der Waals surface area contributed by atoms with Crippen molar-refractivity contribution < 1.29 is 5.11 Å². The average Bonchev–Trinajstić information content (AvgIpc) is 2.19. The molecule has 1 aromatic rings. The summed E-state index contributed by atoms with van der Waals surface area (Å²) in [4.78, 5) is 2.19. The zero-order chi connectivity index (χ0) is 10.9. The van der Waals surface area contributed by atoms with Gasteiger partial charge in [-0.15, -0.1) is 0 Å². The van der Waals surface area contributed by atoms with E-state index in [0.717, 1.165) is 23.2 Å². The molecule has 0 unspecified atom stereocenters. The third-order valence-electron chi connectivity index (χ3n) is 2.91. The van der Waals surface area contributed by atoms with Gasteiger partial charge in [-0.05, 0) is 50.5 Å². The van der Waals surface area contributed by atoms with Crippen molar-refractivity contribution in [3.8, 4) is 5.75 Å². The summed E-state index contributed by atoms with van der Waals surface area (Å²) in [5.74, 6) is 0.427. The summed E-state index contributed by atoms with van der Waals surface area (Å²) in [6.07, 6.45) is 0. The quantitative estimate of drug-likeness (QED) is 0.780. The molecule has 1 aromatic carbocycles. The first-order valence-corrected chi connectivity index (χ1v) is 5.00. The van der Waals surface area contributed by atoms with E-state index in [1.54, 1.807) is 0 Å². The Labute approximate surface area is 86.2 Å². The van der Waals surface area contributed by atoms with Gasteiger partial charge in [0.25, 0.3) is 0 Å². The predicted octanol–water partition coefficient (Wildman–Crippen LogP) is 2.77. The van der Waals surface area contributed by atoms with Crippen LogP contribution in [0.1, 0.15) is 23.6 Å². The van der Waals surface area contributed by atoms with Crippen molar-refractivity contribution in [2.24, 2.45) is 0 Å². The van der Waals surface area contributed by atoms with Gasteiger partial charge in [0, 0.05) is 19.3 Å². The lowest BCUT2D eigenvalue weighted by molar-refractivity contribution is 0.466. The van der Waals surface area contributed by atoms with E-state index in [9.17, 15) is 5.11 Å². The maximum Gasteiger partial charge on any atom is 0.121 e. The zero-order valence-corrected chi connectivity index (χ0v) is 9.68. The molecule has 2 nitrogen and oxygen atoms in total. The second-order valence-electron chi connectivity index (χ2n) is 3.83. The van der Waals surface area contributed by atoms with Gasteiger partial charge in [-0.25, -0.2) is 0 Å². The standard InChI is InChI=1S/C12H19NO/c1-6-13(5)11-7-8(2)12(14)10(4)9(11)3/h7,14H,6H2,1-5H3. The first-order chi connectivity index (χ1) is 6.49. The molecule has 0 saturated carbocycles. The van der Waals surface area contributed by atoms with Crippen molar-refractivity contribution in [3.63, 3.8) is 0 Å². The summed E-state index contributed by atoms with van der Waals surface area (Å²) in [5.41, 5.74) is 4.31. The Bertz CT molecular complexity index is 345. The SMILES string of the molecule is CCN(C)c1cc(C)c(O)c(C)c1C. The predicted molar refractivity (Wildman–Crippen MR) is 61.3 cm³/mol. The van der Waals surface area contributed by atoms with E-state index in [0.29, 0.717) is 5.75 Å². The molecule has 1 N–H and O–H groups in total. The van der Waals surface area contributed by atoms with E-state index < -0.39 is 0 Å². The number of benzene rings is 1. The van der Waals surface area contributed by atoms with Crippen LogP contribution < -0.4 is 4.90 Å². The second kappa shape index (κ2) is 3.91. The Morgan fingerprint density at radius 2 is 1.79 bits per heavy atom. The summed E-state index contributed by atoms with van der Waals surface area (Å²) in [5, 5.41) is 9.75. The lowest BCUT2D eigenvalue weighted by Crippen LogP contribution is -2.17. The van der Waals surface area contributed by atoms with Gasteiger partial charge in [0.05, 0.1) is 0 Å². The van der Waals surface area contributed by atoms with Crippen molar-refractivity contribution in [3.05, 3.63) is 22.8 Å². The third-order valence-corrected chi connectivity index (χ3v) is 2.91. The minimum atomic E-state index is 0.427. The van der Waals surface area contributed by atoms with Crippen LogP contribution in [0.15, 0.2) is 6.07 Å². The highest BCUT2D eigenvalue weighted by molar-refractivity contribution is 5.62. The fourth-order valence-electron chi connectivity index (χ4n) is 1.61. The molecular formula is C12H19NO. The molecule has 0 radical (unpaired) electrons. The molecule has 1 rings (SSSR count). The molecule has 0 spiro atoms. The van der Waals surface area contributed by atoms with Crippen LogP contribution >= 0.6 is 0 Å². The highest BCUT2D eigenvalue weighted by Crippen LogP contribution is 2.31. The molecule has 0 aromatic heterocycles. The van der Waals surface area contributed by atoms with Crippen molar-refractivity contribution in [2.45, 2.75) is 27.7 Å². The van der Waals surface area contributed by atoms with E-state index in [-0.39, 0.29) is 0 Å². The molecule has 0 aliphatic heterocycles. The molecule has 0 aliphatic rings. The Kier molecular flexibility index (Phi) is 3.04. The van der Waals surface area contributed by atoms with E-state index >= 15 is 0 Å². The number of phenols is 1. The number of hydrogen-bond donors (Lipinski definition) is 1. The van der Waals surface area contributed by atoms with Gasteiger partial charge >= 0.3 is 0 Å². The van der Waals surface area contributed by atoms with Crippen LogP contribution in [0.5, 0.6) is 5.75 Å². The molecule has 14 heavy (non-hydrogen) atoms. The maximum absolute atomic E-state index is 9.75. The van der Waals surface area contributed by atoms with Crippen LogP contribution in [-0.2, 0) is 0 Å². The Balaban J connectivity index is 3.33. The lowest BCUT2D eigenvalue weighted by Gasteiger charge is -2.22. The van der Waals surface area contributed by atoms with E-state index in [1.165, 1.54) is 5.69 Å². The van der Waals surface area contributed by atoms with Crippen LogP contribution in [0.3, 0.4) is 0 Å². The van der Waals surface area contributed by atoms with E-state index in [2.05, 4.69) is 25.8 Å². The molecule has 2 heteroatoms.